The van der Waals surface area contributed by atoms with Crippen molar-refractivity contribution in [1.29, 1.82) is 0 Å². The lowest BCUT2D eigenvalue weighted by molar-refractivity contribution is -0.120. The van der Waals surface area contributed by atoms with Gasteiger partial charge in [0.25, 0.3) is 0 Å². The highest BCUT2D eigenvalue weighted by molar-refractivity contribution is 7.89. The average Bonchev–Trinajstić information content (AvgIpc) is 2.75. The van der Waals surface area contributed by atoms with Gasteiger partial charge in [-0.05, 0) is 30.2 Å². The molecule has 2 rings (SSSR count). The average molecular weight is 447 g/mol. The van der Waals surface area contributed by atoms with Crippen molar-refractivity contribution in [3.05, 3.63) is 78.1 Å². The van der Waals surface area contributed by atoms with E-state index in [2.05, 4.69) is 27.3 Å². The minimum Gasteiger partial charge on any atom is -0.511 e. The number of aryl methyl sites for hydroxylation is 1. The molecule has 0 aliphatic carbocycles. The van der Waals surface area contributed by atoms with E-state index < -0.39 is 34.5 Å². The SMILES string of the molecule is C=C(O)C(CNC(=O)NCc1ccccc1C)NC(=O)CNS(=O)(=O)c1ccccc1. The van der Waals surface area contributed by atoms with Crippen LogP contribution in [0.5, 0.6) is 0 Å². The number of urea groups is 1. The summed E-state index contributed by atoms with van der Waals surface area (Å²) in [5, 5.41) is 17.3. The highest BCUT2D eigenvalue weighted by Gasteiger charge is 2.19. The van der Waals surface area contributed by atoms with Gasteiger partial charge in [0.15, 0.2) is 0 Å². The molecule has 0 radical (unpaired) electrons. The number of rotatable bonds is 10. The van der Waals surface area contributed by atoms with Crippen LogP contribution in [0.25, 0.3) is 0 Å². The first kappa shape index (κ1) is 23.9. The molecule has 1 unspecified atom stereocenters. The van der Waals surface area contributed by atoms with E-state index in [1.165, 1.54) is 12.1 Å². The van der Waals surface area contributed by atoms with E-state index in [9.17, 15) is 23.1 Å². The molecule has 0 saturated carbocycles. The monoisotopic (exact) mass is 446 g/mol. The summed E-state index contributed by atoms with van der Waals surface area (Å²) in [4.78, 5) is 24.2. The maximum atomic E-state index is 12.2. The van der Waals surface area contributed by atoms with Gasteiger partial charge in [0.1, 0.15) is 11.8 Å². The number of hydrogen-bond donors (Lipinski definition) is 5. The lowest BCUT2D eigenvalue weighted by atomic mass is 10.1. The van der Waals surface area contributed by atoms with E-state index in [0.717, 1.165) is 11.1 Å². The van der Waals surface area contributed by atoms with Gasteiger partial charge in [-0.3, -0.25) is 4.79 Å². The fourth-order valence-corrected chi connectivity index (χ4v) is 3.59. The van der Waals surface area contributed by atoms with Crippen LogP contribution >= 0.6 is 0 Å². The zero-order valence-corrected chi connectivity index (χ0v) is 17.9. The zero-order valence-electron chi connectivity index (χ0n) is 17.1. The molecular formula is C21H26N4O5S. The zero-order chi connectivity index (χ0) is 22.9. The van der Waals surface area contributed by atoms with Crippen LogP contribution in [-0.4, -0.2) is 44.6 Å². The smallest absolute Gasteiger partial charge is 0.315 e. The summed E-state index contributed by atoms with van der Waals surface area (Å²) in [5.74, 6) is -1.07. The molecule has 0 bridgehead atoms. The summed E-state index contributed by atoms with van der Waals surface area (Å²) in [5.41, 5.74) is 1.99. The number of carbonyl (C=O) groups is 2. The first-order valence-electron chi connectivity index (χ1n) is 9.47. The van der Waals surface area contributed by atoms with Crippen LogP contribution in [0.2, 0.25) is 0 Å². The third-order valence-electron chi connectivity index (χ3n) is 4.38. The highest BCUT2D eigenvalue weighted by Crippen LogP contribution is 2.07. The molecule has 0 aromatic heterocycles. The van der Waals surface area contributed by atoms with Crippen LogP contribution in [0.3, 0.4) is 0 Å². The van der Waals surface area contributed by atoms with Crippen molar-refractivity contribution in [3.8, 4) is 0 Å². The van der Waals surface area contributed by atoms with Gasteiger partial charge >= 0.3 is 6.03 Å². The fraction of sp³-hybridized carbons (Fsp3) is 0.238. The molecule has 1 atom stereocenters. The number of nitrogens with one attached hydrogen (secondary N) is 4. The van der Waals surface area contributed by atoms with Gasteiger partial charge in [-0.2, -0.15) is 0 Å². The second-order valence-corrected chi connectivity index (χ2v) is 8.51. The predicted octanol–water partition coefficient (Wildman–Crippen LogP) is 1.33. The van der Waals surface area contributed by atoms with Crippen molar-refractivity contribution in [2.24, 2.45) is 0 Å². The maximum Gasteiger partial charge on any atom is 0.315 e. The second-order valence-electron chi connectivity index (χ2n) is 6.74. The molecule has 3 amide bonds. The van der Waals surface area contributed by atoms with E-state index in [1.54, 1.807) is 18.2 Å². The summed E-state index contributed by atoms with van der Waals surface area (Å²) in [6.45, 7) is 4.95. The van der Waals surface area contributed by atoms with Crippen LogP contribution in [0.15, 0.2) is 71.8 Å². The van der Waals surface area contributed by atoms with Crippen LogP contribution in [0.1, 0.15) is 11.1 Å². The molecule has 0 heterocycles. The van der Waals surface area contributed by atoms with Gasteiger partial charge in [-0.15, -0.1) is 0 Å². The number of hydrogen-bond acceptors (Lipinski definition) is 5. The van der Waals surface area contributed by atoms with E-state index >= 15 is 0 Å². The molecule has 10 heteroatoms. The van der Waals surface area contributed by atoms with E-state index in [4.69, 9.17) is 0 Å². The normalized spacial score (nSPS) is 11.9. The first-order chi connectivity index (χ1) is 14.7. The fourth-order valence-electron chi connectivity index (χ4n) is 2.58. The summed E-state index contributed by atoms with van der Waals surface area (Å²) in [6.07, 6.45) is 0. The van der Waals surface area contributed by atoms with Gasteiger partial charge in [0, 0.05) is 13.1 Å². The van der Waals surface area contributed by atoms with Crippen LogP contribution in [0.4, 0.5) is 4.79 Å². The quantitative estimate of drug-likeness (QED) is 0.351. The van der Waals surface area contributed by atoms with Gasteiger partial charge in [0.2, 0.25) is 15.9 Å². The van der Waals surface area contributed by atoms with Crippen molar-refractivity contribution < 1.29 is 23.1 Å². The van der Waals surface area contributed by atoms with Gasteiger partial charge in [-0.25, -0.2) is 17.9 Å². The molecule has 0 aliphatic heterocycles. The highest BCUT2D eigenvalue weighted by atomic mass is 32.2. The lowest BCUT2D eigenvalue weighted by Gasteiger charge is -2.19. The Morgan fingerprint density at radius 2 is 1.68 bits per heavy atom. The molecule has 5 N–H and O–H groups in total. The molecule has 0 aliphatic rings. The standard InChI is InChI=1S/C21H26N4O5S/c1-15-8-6-7-9-17(15)12-22-21(28)23-13-19(16(2)26)25-20(27)14-24-31(29,30)18-10-4-3-5-11-18/h3-11,19,24,26H,2,12-14H2,1H3,(H,25,27)(H2,22,23,28). The Morgan fingerprint density at radius 1 is 1.03 bits per heavy atom. The number of carbonyl (C=O) groups excluding carboxylic acids is 2. The van der Waals surface area contributed by atoms with Crippen LogP contribution in [-0.2, 0) is 21.4 Å². The molecule has 0 spiro atoms. The van der Waals surface area contributed by atoms with E-state index in [-0.39, 0.29) is 17.2 Å². The van der Waals surface area contributed by atoms with Gasteiger partial charge in [-0.1, -0.05) is 49.0 Å². The molecule has 9 nitrogen and oxygen atoms in total. The number of aliphatic hydroxyl groups excluding tert-OH is 1. The summed E-state index contributed by atoms with van der Waals surface area (Å²) in [7, 11) is -3.85. The Morgan fingerprint density at radius 3 is 2.32 bits per heavy atom. The van der Waals surface area contributed by atoms with Gasteiger partial charge in [0.05, 0.1) is 11.4 Å². The number of benzene rings is 2. The number of aliphatic hydroxyl groups is 1. The van der Waals surface area contributed by atoms with E-state index in [0.29, 0.717) is 6.54 Å². The van der Waals surface area contributed by atoms with Crippen molar-refractivity contribution in [3.63, 3.8) is 0 Å². The van der Waals surface area contributed by atoms with Gasteiger partial charge < -0.3 is 21.1 Å². The predicted molar refractivity (Wildman–Crippen MR) is 117 cm³/mol. The maximum absolute atomic E-state index is 12.2. The Balaban J connectivity index is 1.81. The molecule has 2 aromatic rings. The van der Waals surface area contributed by atoms with Crippen LogP contribution < -0.4 is 20.7 Å². The summed E-state index contributed by atoms with van der Waals surface area (Å²) < 4.78 is 26.5. The lowest BCUT2D eigenvalue weighted by Crippen LogP contribution is -2.49. The van der Waals surface area contributed by atoms with E-state index in [1.807, 2.05) is 31.2 Å². The number of sulfonamides is 1. The Labute approximate surface area is 181 Å². The number of amides is 3. The minimum atomic E-state index is -3.85. The van der Waals surface area contributed by atoms with Crippen molar-refractivity contribution in [2.45, 2.75) is 24.4 Å². The largest absolute Gasteiger partial charge is 0.511 e. The Hall–Kier alpha value is -3.37. The molecule has 0 fully saturated rings. The van der Waals surface area contributed by atoms with Crippen molar-refractivity contribution in [2.75, 3.05) is 13.1 Å². The molecular weight excluding hydrogens is 420 g/mol. The van der Waals surface area contributed by atoms with Crippen LogP contribution in [0, 0.1) is 6.92 Å². The summed E-state index contributed by atoms with van der Waals surface area (Å²) >= 11 is 0. The minimum absolute atomic E-state index is 0.0258. The Bertz CT molecular complexity index is 1030. The molecule has 2 aromatic carbocycles. The van der Waals surface area contributed by atoms with Crippen molar-refractivity contribution in [1.82, 2.24) is 20.7 Å². The summed E-state index contributed by atoms with van der Waals surface area (Å²) in [6, 6.07) is 13.7. The molecule has 0 saturated heterocycles. The van der Waals surface area contributed by atoms with Crippen molar-refractivity contribution >= 4 is 22.0 Å². The third kappa shape index (κ3) is 7.76. The molecule has 31 heavy (non-hydrogen) atoms. The topological polar surface area (TPSA) is 137 Å². The Kier molecular flexibility index (Phi) is 8.59. The third-order valence-corrected chi connectivity index (χ3v) is 5.80. The second kappa shape index (κ2) is 11.1. The first-order valence-corrected chi connectivity index (χ1v) is 11.0. The molecule has 166 valence electrons.